The minimum Gasteiger partial charge on any atom is -0.497 e. The van der Waals surface area contributed by atoms with E-state index in [1.807, 2.05) is 19.1 Å². The van der Waals surface area contributed by atoms with Gasteiger partial charge >= 0.3 is 5.97 Å². The zero-order chi connectivity index (χ0) is 20.4. The summed E-state index contributed by atoms with van der Waals surface area (Å²) in [7, 11) is 1.56. The van der Waals surface area contributed by atoms with Crippen molar-refractivity contribution in [3.63, 3.8) is 0 Å². The van der Waals surface area contributed by atoms with Crippen LogP contribution in [0.1, 0.15) is 15.9 Å². The number of benzene rings is 3. The van der Waals surface area contributed by atoms with E-state index in [-0.39, 0.29) is 5.56 Å². The smallest absolute Gasteiger partial charge is 0.345 e. The van der Waals surface area contributed by atoms with Gasteiger partial charge < -0.3 is 9.47 Å². The number of hydrogen-bond acceptors (Lipinski definition) is 4. The average Bonchev–Trinajstić information content (AvgIpc) is 2.74. The fourth-order valence-electron chi connectivity index (χ4n) is 3.25. The normalized spacial score (nSPS) is 10.7. The van der Waals surface area contributed by atoms with Gasteiger partial charge in [-0.25, -0.2) is 4.79 Å². The van der Waals surface area contributed by atoms with Crippen molar-refractivity contribution in [2.45, 2.75) is 6.92 Å². The molecule has 3 aromatic carbocycles. The van der Waals surface area contributed by atoms with Crippen molar-refractivity contribution in [3.05, 3.63) is 100 Å². The van der Waals surface area contributed by atoms with Crippen molar-refractivity contribution in [2.24, 2.45) is 0 Å². The van der Waals surface area contributed by atoms with Gasteiger partial charge in [0.05, 0.1) is 18.4 Å². The monoisotopic (exact) mass is 385 g/mol. The molecule has 0 N–H and O–H groups in total. The Hall–Kier alpha value is -3.86. The minimum absolute atomic E-state index is 0.221. The highest BCUT2D eigenvalue weighted by Crippen LogP contribution is 2.22. The molecule has 0 spiro atoms. The number of rotatable bonds is 4. The molecule has 5 heteroatoms. The summed E-state index contributed by atoms with van der Waals surface area (Å²) in [4.78, 5) is 26.1. The largest absolute Gasteiger partial charge is 0.497 e. The van der Waals surface area contributed by atoms with E-state index in [9.17, 15) is 9.59 Å². The summed E-state index contributed by atoms with van der Waals surface area (Å²) in [6.07, 6.45) is 1.53. The molecule has 0 bridgehead atoms. The van der Waals surface area contributed by atoms with Gasteiger partial charge in [-0.05, 0) is 42.8 Å². The highest BCUT2D eigenvalue weighted by atomic mass is 16.5. The van der Waals surface area contributed by atoms with Crippen LogP contribution >= 0.6 is 0 Å². The topological polar surface area (TPSA) is 57.5 Å². The van der Waals surface area contributed by atoms with Crippen LogP contribution in [-0.2, 0) is 0 Å². The summed E-state index contributed by atoms with van der Waals surface area (Å²) >= 11 is 0. The van der Waals surface area contributed by atoms with E-state index in [4.69, 9.17) is 9.47 Å². The molecule has 4 rings (SSSR count). The highest BCUT2D eigenvalue weighted by molar-refractivity contribution is 6.04. The first-order valence-corrected chi connectivity index (χ1v) is 9.14. The number of nitrogens with zero attached hydrogens (tertiary/aromatic N) is 1. The van der Waals surface area contributed by atoms with Crippen molar-refractivity contribution >= 4 is 16.7 Å². The van der Waals surface area contributed by atoms with E-state index in [2.05, 4.69) is 0 Å². The second kappa shape index (κ2) is 7.64. The summed E-state index contributed by atoms with van der Waals surface area (Å²) in [5.74, 6) is 0.549. The van der Waals surface area contributed by atoms with Crippen molar-refractivity contribution in [1.82, 2.24) is 4.57 Å². The van der Waals surface area contributed by atoms with Gasteiger partial charge in [0.15, 0.2) is 0 Å². The molecule has 29 heavy (non-hydrogen) atoms. The quantitative estimate of drug-likeness (QED) is 0.383. The second-order valence-electron chi connectivity index (χ2n) is 6.67. The van der Waals surface area contributed by atoms with Crippen molar-refractivity contribution < 1.29 is 14.3 Å². The van der Waals surface area contributed by atoms with Crippen molar-refractivity contribution in [2.75, 3.05) is 7.11 Å². The Morgan fingerprint density at radius 2 is 1.59 bits per heavy atom. The van der Waals surface area contributed by atoms with Crippen LogP contribution in [0.2, 0.25) is 0 Å². The first-order chi connectivity index (χ1) is 14.1. The number of fused-ring (bicyclic) bond motifs is 1. The van der Waals surface area contributed by atoms with E-state index in [1.54, 1.807) is 67.8 Å². The first-order valence-electron chi connectivity index (χ1n) is 9.14. The summed E-state index contributed by atoms with van der Waals surface area (Å²) in [6, 6.07) is 21.4. The van der Waals surface area contributed by atoms with Gasteiger partial charge in [-0.15, -0.1) is 0 Å². The molecule has 0 aliphatic heterocycles. The van der Waals surface area contributed by atoms with Crippen LogP contribution < -0.4 is 15.0 Å². The number of hydrogen-bond donors (Lipinski definition) is 0. The number of ether oxygens (including phenoxy) is 2. The Labute approximate surface area is 167 Å². The lowest BCUT2D eigenvalue weighted by atomic mass is 10.1. The molecule has 0 radical (unpaired) electrons. The van der Waals surface area contributed by atoms with Crippen molar-refractivity contribution in [3.8, 4) is 17.2 Å². The van der Waals surface area contributed by atoms with E-state index in [1.165, 1.54) is 10.8 Å². The van der Waals surface area contributed by atoms with E-state index in [0.29, 0.717) is 33.5 Å². The third-order valence-corrected chi connectivity index (χ3v) is 4.68. The van der Waals surface area contributed by atoms with Crippen molar-refractivity contribution in [1.29, 1.82) is 0 Å². The maximum atomic E-state index is 13.1. The Morgan fingerprint density at radius 1 is 0.862 bits per heavy atom. The number of aryl methyl sites for hydroxylation is 1. The zero-order valence-corrected chi connectivity index (χ0v) is 16.1. The molecular weight excluding hydrogens is 366 g/mol. The maximum Gasteiger partial charge on any atom is 0.345 e. The number of pyridine rings is 1. The molecule has 5 nitrogen and oxygen atoms in total. The molecule has 0 aliphatic rings. The number of aromatic nitrogens is 1. The summed E-state index contributed by atoms with van der Waals surface area (Å²) < 4.78 is 12.3. The lowest BCUT2D eigenvalue weighted by Gasteiger charge is -2.13. The molecule has 0 amide bonds. The molecule has 4 aromatic rings. The average molecular weight is 385 g/mol. The van der Waals surface area contributed by atoms with E-state index >= 15 is 0 Å². The summed E-state index contributed by atoms with van der Waals surface area (Å²) in [5, 5.41) is 0.989. The number of esters is 1. The predicted octanol–water partition coefficient (Wildman–Crippen LogP) is 4.53. The lowest BCUT2D eigenvalue weighted by Crippen LogP contribution is -2.22. The van der Waals surface area contributed by atoms with Crippen LogP contribution in [0.4, 0.5) is 0 Å². The van der Waals surface area contributed by atoms with Crippen LogP contribution in [0.25, 0.3) is 16.5 Å². The molecule has 1 aromatic heterocycles. The molecule has 0 saturated heterocycles. The van der Waals surface area contributed by atoms with Crippen LogP contribution in [-0.4, -0.2) is 17.6 Å². The minimum atomic E-state index is -0.525. The Morgan fingerprint density at radius 3 is 2.34 bits per heavy atom. The predicted molar refractivity (Wildman–Crippen MR) is 112 cm³/mol. The van der Waals surface area contributed by atoms with Crippen LogP contribution in [0, 0.1) is 6.92 Å². The molecule has 0 saturated carbocycles. The Bertz CT molecular complexity index is 1270. The Kier molecular flexibility index (Phi) is 4.87. The third-order valence-electron chi connectivity index (χ3n) is 4.68. The molecule has 144 valence electrons. The van der Waals surface area contributed by atoms with Gasteiger partial charge in [0, 0.05) is 23.0 Å². The van der Waals surface area contributed by atoms with Gasteiger partial charge in [0.25, 0.3) is 5.56 Å². The molecule has 0 atom stereocenters. The van der Waals surface area contributed by atoms with E-state index < -0.39 is 5.97 Å². The summed E-state index contributed by atoms with van der Waals surface area (Å²) in [5.41, 5.74) is 1.68. The standard InChI is InChI=1S/C24H19NO4/c1-16-7-5-10-19(13-16)29-24(27)22-15-25(17-8-6-9-18(14-17)28-2)23(26)21-12-4-3-11-20(21)22/h3-15H,1-2H3. The van der Waals surface area contributed by atoms with Crippen LogP contribution in [0.3, 0.4) is 0 Å². The maximum absolute atomic E-state index is 13.1. The van der Waals surface area contributed by atoms with Gasteiger partial charge in [0.2, 0.25) is 0 Å². The molecule has 1 heterocycles. The third kappa shape index (κ3) is 3.62. The van der Waals surface area contributed by atoms with Gasteiger partial charge in [-0.2, -0.15) is 0 Å². The van der Waals surface area contributed by atoms with Gasteiger partial charge in [0.1, 0.15) is 11.5 Å². The molecular formula is C24H19NO4. The SMILES string of the molecule is COc1cccc(-n2cc(C(=O)Oc3cccc(C)c3)c3ccccc3c2=O)c1. The molecule has 0 aliphatic carbocycles. The van der Waals surface area contributed by atoms with Gasteiger partial charge in [-0.3, -0.25) is 9.36 Å². The summed E-state index contributed by atoms with van der Waals surface area (Å²) in [6.45, 7) is 1.93. The number of carbonyl (C=O) groups excluding carboxylic acids is 1. The number of carbonyl (C=O) groups is 1. The zero-order valence-electron chi connectivity index (χ0n) is 16.1. The van der Waals surface area contributed by atoms with E-state index in [0.717, 1.165) is 5.56 Å². The second-order valence-corrected chi connectivity index (χ2v) is 6.67. The first kappa shape index (κ1) is 18.5. The Balaban J connectivity index is 1.88. The number of methoxy groups -OCH3 is 1. The fourth-order valence-corrected chi connectivity index (χ4v) is 3.25. The van der Waals surface area contributed by atoms with Gasteiger partial charge in [-0.1, -0.05) is 36.4 Å². The fraction of sp³-hybridized carbons (Fsp3) is 0.0833. The lowest BCUT2D eigenvalue weighted by molar-refractivity contribution is 0.0736. The van der Waals surface area contributed by atoms with Crippen LogP contribution in [0.15, 0.2) is 83.8 Å². The molecule has 0 unspecified atom stereocenters. The van der Waals surface area contributed by atoms with Crippen LogP contribution in [0.5, 0.6) is 11.5 Å². The highest BCUT2D eigenvalue weighted by Gasteiger charge is 2.17. The molecule has 0 fully saturated rings.